The Labute approximate surface area is 88.9 Å². The Morgan fingerprint density at radius 1 is 1.43 bits per heavy atom. The molecule has 0 bridgehead atoms. The molecule has 3 aliphatic rings. The Morgan fingerprint density at radius 2 is 2.36 bits per heavy atom. The van der Waals surface area contributed by atoms with Crippen molar-refractivity contribution in [2.24, 2.45) is 0 Å². The Kier molecular flexibility index (Phi) is 2.06. The lowest BCUT2D eigenvalue weighted by Crippen LogP contribution is -2.26. The Balaban J connectivity index is 1.95. The molecular formula is C12H14OS. The van der Waals surface area contributed by atoms with E-state index in [4.69, 9.17) is 4.74 Å². The Hall–Kier alpha value is -0.470. The highest BCUT2D eigenvalue weighted by molar-refractivity contribution is 8.04. The second-order valence-electron chi connectivity index (χ2n) is 4.14. The van der Waals surface area contributed by atoms with E-state index < -0.39 is 0 Å². The van der Waals surface area contributed by atoms with Crippen LogP contribution < -0.4 is 0 Å². The third kappa shape index (κ3) is 1.29. The molecule has 0 aromatic heterocycles. The van der Waals surface area contributed by atoms with Crippen LogP contribution in [0, 0.1) is 0 Å². The van der Waals surface area contributed by atoms with Gasteiger partial charge in [0.2, 0.25) is 0 Å². The predicted octanol–water partition coefficient (Wildman–Crippen LogP) is 3.05. The van der Waals surface area contributed by atoms with Crippen LogP contribution in [0.3, 0.4) is 0 Å². The highest BCUT2D eigenvalue weighted by Crippen LogP contribution is 2.46. The van der Waals surface area contributed by atoms with Crippen LogP contribution in [0.5, 0.6) is 0 Å². The number of hydrogen-bond acceptors (Lipinski definition) is 2. The Morgan fingerprint density at radius 3 is 3.29 bits per heavy atom. The largest absolute Gasteiger partial charge is 0.368 e. The van der Waals surface area contributed by atoms with Crippen molar-refractivity contribution in [1.82, 2.24) is 0 Å². The molecule has 0 fully saturated rings. The van der Waals surface area contributed by atoms with Gasteiger partial charge >= 0.3 is 0 Å². The summed E-state index contributed by atoms with van der Waals surface area (Å²) in [6.45, 7) is 3.02. The van der Waals surface area contributed by atoms with Crippen LogP contribution in [0.4, 0.5) is 0 Å². The minimum Gasteiger partial charge on any atom is -0.368 e. The second-order valence-corrected chi connectivity index (χ2v) is 5.36. The average Bonchev–Trinajstić information content (AvgIpc) is 2.54. The molecule has 0 saturated carbocycles. The molecule has 0 aromatic carbocycles. The van der Waals surface area contributed by atoms with E-state index in [0.29, 0.717) is 11.4 Å². The van der Waals surface area contributed by atoms with Gasteiger partial charge in [-0.2, -0.15) is 0 Å². The van der Waals surface area contributed by atoms with Gasteiger partial charge in [0, 0.05) is 4.91 Å². The SMILES string of the molecule is CC1=CC2=C(CC1)C1OCC=CC1S2. The van der Waals surface area contributed by atoms with Crippen LogP contribution in [0.1, 0.15) is 19.8 Å². The molecule has 0 aromatic rings. The molecule has 0 amide bonds. The first kappa shape index (κ1) is 8.81. The number of ether oxygens (including phenoxy) is 1. The van der Waals surface area contributed by atoms with E-state index in [1.807, 2.05) is 11.8 Å². The lowest BCUT2D eigenvalue weighted by molar-refractivity contribution is 0.0973. The summed E-state index contributed by atoms with van der Waals surface area (Å²) in [5.41, 5.74) is 3.06. The molecule has 1 nitrogen and oxygen atoms in total. The number of rotatable bonds is 0. The van der Waals surface area contributed by atoms with Crippen molar-refractivity contribution in [1.29, 1.82) is 0 Å². The topological polar surface area (TPSA) is 9.23 Å². The summed E-state index contributed by atoms with van der Waals surface area (Å²) >= 11 is 1.97. The summed E-state index contributed by atoms with van der Waals surface area (Å²) < 4.78 is 5.81. The highest BCUT2D eigenvalue weighted by Gasteiger charge is 2.36. The van der Waals surface area contributed by atoms with Crippen molar-refractivity contribution in [2.45, 2.75) is 31.1 Å². The maximum Gasteiger partial charge on any atom is 0.0960 e. The van der Waals surface area contributed by atoms with Crippen molar-refractivity contribution in [2.75, 3.05) is 6.61 Å². The van der Waals surface area contributed by atoms with E-state index in [1.54, 1.807) is 5.57 Å². The molecule has 2 unspecified atom stereocenters. The van der Waals surface area contributed by atoms with Crippen LogP contribution in [-0.2, 0) is 4.74 Å². The summed E-state index contributed by atoms with van der Waals surface area (Å²) in [6.07, 6.45) is 9.60. The van der Waals surface area contributed by atoms with Gasteiger partial charge in [0.25, 0.3) is 0 Å². The fraction of sp³-hybridized carbons (Fsp3) is 0.500. The molecule has 2 atom stereocenters. The Bertz CT molecular complexity index is 351. The van der Waals surface area contributed by atoms with Gasteiger partial charge in [-0.25, -0.2) is 0 Å². The van der Waals surface area contributed by atoms with Gasteiger partial charge in [0.05, 0.1) is 18.0 Å². The van der Waals surface area contributed by atoms with E-state index >= 15 is 0 Å². The van der Waals surface area contributed by atoms with Crippen LogP contribution in [0.15, 0.2) is 34.3 Å². The van der Waals surface area contributed by atoms with Crippen LogP contribution >= 0.6 is 11.8 Å². The van der Waals surface area contributed by atoms with Gasteiger partial charge in [-0.15, -0.1) is 11.8 Å². The molecule has 2 heterocycles. The third-order valence-corrected chi connectivity index (χ3v) is 4.40. The average molecular weight is 206 g/mol. The smallest absolute Gasteiger partial charge is 0.0960 e. The lowest BCUT2D eigenvalue weighted by Gasteiger charge is -2.23. The van der Waals surface area contributed by atoms with Gasteiger partial charge in [-0.1, -0.05) is 17.7 Å². The third-order valence-electron chi connectivity index (χ3n) is 3.09. The molecule has 74 valence electrons. The van der Waals surface area contributed by atoms with Crippen molar-refractivity contribution in [3.63, 3.8) is 0 Å². The molecule has 0 saturated heterocycles. The van der Waals surface area contributed by atoms with Gasteiger partial charge in [-0.05, 0) is 31.4 Å². The van der Waals surface area contributed by atoms with E-state index in [-0.39, 0.29) is 0 Å². The van der Waals surface area contributed by atoms with E-state index in [9.17, 15) is 0 Å². The van der Waals surface area contributed by atoms with E-state index in [0.717, 1.165) is 6.61 Å². The molecule has 14 heavy (non-hydrogen) atoms. The highest BCUT2D eigenvalue weighted by atomic mass is 32.2. The molecule has 2 heteroatoms. The van der Waals surface area contributed by atoms with E-state index in [1.165, 1.54) is 23.3 Å². The molecule has 0 spiro atoms. The van der Waals surface area contributed by atoms with Gasteiger partial charge in [-0.3, -0.25) is 0 Å². The zero-order chi connectivity index (χ0) is 9.54. The van der Waals surface area contributed by atoms with Crippen molar-refractivity contribution in [3.05, 3.63) is 34.3 Å². The van der Waals surface area contributed by atoms with E-state index in [2.05, 4.69) is 25.2 Å². The monoisotopic (exact) mass is 206 g/mol. The fourth-order valence-corrected chi connectivity index (χ4v) is 3.82. The summed E-state index contributed by atoms with van der Waals surface area (Å²) in [7, 11) is 0. The lowest BCUT2D eigenvalue weighted by atomic mass is 9.93. The summed E-state index contributed by atoms with van der Waals surface area (Å²) in [6, 6.07) is 0. The quantitative estimate of drug-likeness (QED) is 0.563. The van der Waals surface area contributed by atoms with Crippen molar-refractivity contribution < 1.29 is 4.74 Å². The number of allylic oxidation sites excluding steroid dienone is 2. The molecule has 2 aliphatic heterocycles. The minimum atomic E-state index is 0.379. The predicted molar refractivity (Wildman–Crippen MR) is 60.3 cm³/mol. The number of thioether (sulfide) groups is 1. The molecule has 0 N–H and O–H groups in total. The number of hydrogen-bond donors (Lipinski definition) is 0. The standard InChI is InChI=1S/C12H14OS/c1-8-4-5-9-11(7-8)14-10-3-2-6-13-12(9)10/h2-3,7,10,12H,4-6H2,1H3. The zero-order valence-corrected chi connectivity index (χ0v) is 9.14. The van der Waals surface area contributed by atoms with Crippen LogP contribution in [-0.4, -0.2) is 18.0 Å². The van der Waals surface area contributed by atoms with Gasteiger partial charge in [0.1, 0.15) is 0 Å². The maximum atomic E-state index is 5.81. The first-order chi connectivity index (χ1) is 6.84. The summed E-state index contributed by atoms with van der Waals surface area (Å²) in [5, 5.41) is 0.552. The first-order valence-corrected chi connectivity index (χ1v) is 6.08. The van der Waals surface area contributed by atoms with Crippen molar-refractivity contribution in [3.8, 4) is 0 Å². The van der Waals surface area contributed by atoms with Crippen LogP contribution in [0.25, 0.3) is 0 Å². The maximum absolute atomic E-state index is 5.81. The van der Waals surface area contributed by atoms with Crippen LogP contribution in [0.2, 0.25) is 0 Å². The zero-order valence-electron chi connectivity index (χ0n) is 8.32. The van der Waals surface area contributed by atoms with Gasteiger partial charge in [0.15, 0.2) is 0 Å². The minimum absolute atomic E-state index is 0.379. The van der Waals surface area contributed by atoms with Crippen molar-refractivity contribution >= 4 is 11.8 Å². The fourth-order valence-electron chi connectivity index (χ4n) is 2.33. The molecule has 1 aliphatic carbocycles. The number of fused-ring (bicyclic) bond motifs is 2. The molecule has 0 radical (unpaired) electrons. The molecule has 3 rings (SSSR count). The second kappa shape index (κ2) is 3.28. The normalized spacial score (nSPS) is 35.4. The first-order valence-electron chi connectivity index (χ1n) is 5.20. The summed E-state index contributed by atoms with van der Waals surface area (Å²) in [5.74, 6) is 0. The molecular weight excluding hydrogens is 192 g/mol. The van der Waals surface area contributed by atoms with Gasteiger partial charge < -0.3 is 4.74 Å². The summed E-state index contributed by atoms with van der Waals surface area (Å²) in [4.78, 5) is 1.48.